The quantitative estimate of drug-likeness (QED) is 0.884. The van der Waals surface area contributed by atoms with Crippen LogP contribution in [0.4, 0.5) is 5.82 Å². The fourth-order valence-electron chi connectivity index (χ4n) is 2.95. The van der Waals surface area contributed by atoms with E-state index >= 15 is 0 Å². The number of carboxylic acid groups (broad SMARTS) is 1. The minimum atomic E-state index is -1.07. The van der Waals surface area contributed by atoms with Gasteiger partial charge < -0.3 is 19.6 Å². The second-order valence-electron chi connectivity index (χ2n) is 6.12. The molecule has 1 saturated heterocycles. The number of nitrogens with zero attached hydrogens (tertiary/aromatic N) is 3. The summed E-state index contributed by atoms with van der Waals surface area (Å²) in [7, 11) is 1.62. The highest BCUT2D eigenvalue weighted by Gasteiger charge is 2.23. The molecule has 7 heteroatoms. The first-order valence-electron chi connectivity index (χ1n) is 8.43. The Morgan fingerprint density at radius 3 is 2.65 bits per heavy atom. The zero-order chi connectivity index (χ0) is 18.5. The molecule has 0 spiro atoms. The monoisotopic (exact) mass is 355 g/mol. The molecule has 0 radical (unpaired) electrons. The Hall–Kier alpha value is -3.09. The summed E-state index contributed by atoms with van der Waals surface area (Å²) in [6.07, 6.45) is 0.793. The van der Waals surface area contributed by atoms with Gasteiger partial charge in [-0.15, -0.1) is 0 Å². The number of benzene rings is 1. The number of ether oxygens (including phenoxy) is 1. The number of carbonyl (C=O) groups is 2. The van der Waals surface area contributed by atoms with E-state index in [9.17, 15) is 9.59 Å². The number of pyridine rings is 1. The molecule has 0 saturated carbocycles. The average Bonchev–Trinajstić information content (AvgIpc) is 2.84. The maximum Gasteiger partial charge on any atom is 0.354 e. The molecule has 2 heterocycles. The van der Waals surface area contributed by atoms with E-state index in [1.54, 1.807) is 19.2 Å². The van der Waals surface area contributed by atoms with Gasteiger partial charge in [-0.05, 0) is 36.2 Å². The molecule has 1 N–H and O–H groups in total. The molecule has 1 fully saturated rings. The molecule has 1 amide bonds. The summed E-state index contributed by atoms with van der Waals surface area (Å²) in [5.41, 5.74) is 1.02. The molecule has 1 aromatic heterocycles. The van der Waals surface area contributed by atoms with Gasteiger partial charge in [0.2, 0.25) is 5.91 Å². The fourth-order valence-corrected chi connectivity index (χ4v) is 2.95. The van der Waals surface area contributed by atoms with E-state index in [1.807, 2.05) is 34.1 Å². The SMILES string of the molecule is COc1ccc(CN2CCCN(c3cccc(C(=O)O)n3)CC2=O)cc1. The summed E-state index contributed by atoms with van der Waals surface area (Å²) in [6.45, 7) is 2.03. The molecule has 3 rings (SSSR count). The van der Waals surface area contributed by atoms with E-state index < -0.39 is 5.97 Å². The standard InChI is InChI=1S/C19H21N3O4/c1-26-15-8-6-14(7-9-15)12-22-11-3-10-21(13-18(22)23)17-5-2-4-16(20-17)19(24)25/h2,4-9H,3,10-13H2,1H3,(H,24,25). The van der Waals surface area contributed by atoms with Gasteiger partial charge in [-0.3, -0.25) is 4.79 Å². The molecule has 0 bridgehead atoms. The van der Waals surface area contributed by atoms with Crippen LogP contribution in [0.25, 0.3) is 0 Å². The van der Waals surface area contributed by atoms with E-state index in [0.29, 0.717) is 25.5 Å². The number of carbonyl (C=O) groups excluding carboxylic acids is 1. The van der Waals surface area contributed by atoms with Crippen molar-refractivity contribution in [3.63, 3.8) is 0 Å². The second kappa shape index (κ2) is 7.86. The van der Waals surface area contributed by atoms with Gasteiger partial charge in [-0.2, -0.15) is 0 Å². The molecule has 7 nitrogen and oxygen atoms in total. The summed E-state index contributed by atoms with van der Waals surface area (Å²) in [4.78, 5) is 31.6. The molecule has 136 valence electrons. The molecule has 0 unspecified atom stereocenters. The van der Waals surface area contributed by atoms with Crippen LogP contribution < -0.4 is 9.64 Å². The largest absolute Gasteiger partial charge is 0.497 e. The third-order valence-electron chi connectivity index (χ3n) is 4.34. The van der Waals surface area contributed by atoms with Gasteiger partial charge in [0.25, 0.3) is 0 Å². The maximum atomic E-state index is 12.7. The number of anilines is 1. The lowest BCUT2D eigenvalue weighted by Crippen LogP contribution is -2.36. The number of aromatic carboxylic acids is 1. The lowest BCUT2D eigenvalue weighted by Gasteiger charge is -2.22. The van der Waals surface area contributed by atoms with Crippen molar-refractivity contribution in [1.82, 2.24) is 9.88 Å². The number of amides is 1. The fraction of sp³-hybridized carbons (Fsp3) is 0.316. The minimum Gasteiger partial charge on any atom is -0.497 e. The van der Waals surface area contributed by atoms with Crippen molar-refractivity contribution >= 4 is 17.7 Å². The summed E-state index contributed by atoms with van der Waals surface area (Å²) in [6, 6.07) is 12.5. The Morgan fingerprint density at radius 2 is 1.96 bits per heavy atom. The van der Waals surface area contributed by atoms with Crippen molar-refractivity contribution in [2.24, 2.45) is 0 Å². The second-order valence-corrected chi connectivity index (χ2v) is 6.12. The highest BCUT2D eigenvalue weighted by atomic mass is 16.5. The lowest BCUT2D eigenvalue weighted by atomic mass is 10.2. The van der Waals surface area contributed by atoms with Crippen LogP contribution in [0.15, 0.2) is 42.5 Å². The first-order valence-corrected chi connectivity index (χ1v) is 8.43. The first kappa shape index (κ1) is 17.7. The molecule has 1 aliphatic heterocycles. The van der Waals surface area contributed by atoms with Crippen LogP contribution in [0.1, 0.15) is 22.5 Å². The van der Waals surface area contributed by atoms with E-state index in [0.717, 1.165) is 17.7 Å². The molecular weight excluding hydrogens is 334 g/mol. The van der Waals surface area contributed by atoms with Gasteiger partial charge in [0.15, 0.2) is 5.69 Å². The third kappa shape index (κ3) is 4.11. The number of carboxylic acids is 1. The third-order valence-corrected chi connectivity index (χ3v) is 4.34. The summed E-state index contributed by atoms with van der Waals surface area (Å²) >= 11 is 0. The van der Waals surface area contributed by atoms with E-state index in [4.69, 9.17) is 9.84 Å². The highest BCUT2D eigenvalue weighted by Crippen LogP contribution is 2.18. The molecule has 26 heavy (non-hydrogen) atoms. The Kier molecular flexibility index (Phi) is 5.36. The predicted molar refractivity (Wildman–Crippen MR) is 96.4 cm³/mol. The van der Waals surface area contributed by atoms with Gasteiger partial charge in [-0.25, -0.2) is 9.78 Å². The smallest absolute Gasteiger partial charge is 0.354 e. The van der Waals surface area contributed by atoms with E-state index in [2.05, 4.69) is 4.98 Å². The molecule has 0 atom stereocenters. The van der Waals surface area contributed by atoms with Crippen LogP contribution in [0.5, 0.6) is 5.75 Å². The number of aromatic nitrogens is 1. The van der Waals surface area contributed by atoms with Crippen LogP contribution in [0.2, 0.25) is 0 Å². The van der Waals surface area contributed by atoms with Crippen LogP contribution in [-0.2, 0) is 11.3 Å². The molecular formula is C19H21N3O4. The van der Waals surface area contributed by atoms with E-state index in [-0.39, 0.29) is 18.1 Å². The summed E-state index contributed by atoms with van der Waals surface area (Å²) < 4.78 is 5.15. The van der Waals surface area contributed by atoms with Crippen molar-refractivity contribution in [1.29, 1.82) is 0 Å². The van der Waals surface area contributed by atoms with Gasteiger partial charge in [-0.1, -0.05) is 18.2 Å². The molecule has 2 aromatic rings. The molecule has 0 aliphatic carbocycles. The first-order chi connectivity index (χ1) is 12.6. The van der Waals surface area contributed by atoms with Crippen molar-refractivity contribution in [2.45, 2.75) is 13.0 Å². The number of hydrogen-bond donors (Lipinski definition) is 1. The Labute approximate surface area is 151 Å². The maximum absolute atomic E-state index is 12.7. The van der Waals surface area contributed by atoms with Crippen LogP contribution in [-0.4, -0.2) is 53.6 Å². The Morgan fingerprint density at radius 1 is 1.19 bits per heavy atom. The summed E-state index contributed by atoms with van der Waals surface area (Å²) in [5, 5.41) is 9.09. The number of hydrogen-bond acceptors (Lipinski definition) is 5. The van der Waals surface area contributed by atoms with Gasteiger partial charge in [0, 0.05) is 19.6 Å². The number of methoxy groups -OCH3 is 1. The van der Waals surface area contributed by atoms with Crippen molar-refractivity contribution in [2.75, 3.05) is 31.6 Å². The van der Waals surface area contributed by atoms with Crippen LogP contribution in [0.3, 0.4) is 0 Å². The minimum absolute atomic E-state index is 0.000783. The highest BCUT2D eigenvalue weighted by molar-refractivity contribution is 5.86. The lowest BCUT2D eigenvalue weighted by molar-refractivity contribution is -0.129. The van der Waals surface area contributed by atoms with Gasteiger partial charge in [0.05, 0.1) is 13.7 Å². The van der Waals surface area contributed by atoms with Gasteiger partial charge >= 0.3 is 5.97 Å². The van der Waals surface area contributed by atoms with E-state index in [1.165, 1.54) is 6.07 Å². The normalized spacial score (nSPS) is 14.9. The number of rotatable bonds is 5. The predicted octanol–water partition coefficient (Wildman–Crippen LogP) is 2.03. The Balaban J connectivity index is 1.69. The topological polar surface area (TPSA) is 83.0 Å². The van der Waals surface area contributed by atoms with Crippen molar-refractivity contribution < 1.29 is 19.4 Å². The van der Waals surface area contributed by atoms with Crippen molar-refractivity contribution in [3.05, 3.63) is 53.7 Å². The zero-order valence-electron chi connectivity index (χ0n) is 14.6. The Bertz CT molecular complexity index is 792. The van der Waals surface area contributed by atoms with Crippen LogP contribution >= 0.6 is 0 Å². The zero-order valence-corrected chi connectivity index (χ0v) is 14.6. The molecule has 1 aromatic carbocycles. The molecule has 1 aliphatic rings. The van der Waals surface area contributed by atoms with Gasteiger partial charge in [0.1, 0.15) is 11.6 Å². The average molecular weight is 355 g/mol. The summed E-state index contributed by atoms with van der Waals surface area (Å²) in [5.74, 6) is 0.228. The van der Waals surface area contributed by atoms with Crippen molar-refractivity contribution in [3.8, 4) is 5.75 Å². The van der Waals surface area contributed by atoms with Crippen LogP contribution in [0, 0.1) is 0 Å².